The van der Waals surface area contributed by atoms with Gasteiger partial charge in [-0.05, 0) is 67.3 Å². The van der Waals surface area contributed by atoms with Gasteiger partial charge in [-0.3, -0.25) is 9.59 Å². The molecule has 1 heterocycles. The maximum absolute atomic E-state index is 12.8. The molecular weight excluding hydrogens is 491 g/mol. The molecule has 0 radical (unpaired) electrons. The number of fused-ring (bicyclic) bond motifs is 1. The number of aldehydes is 1. The summed E-state index contributed by atoms with van der Waals surface area (Å²) in [6.45, 7) is 0. The maximum Gasteiger partial charge on any atom is 0.490 e. The Balaban J connectivity index is 0.000000479. The van der Waals surface area contributed by atoms with Gasteiger partial charge in [-0.1, -0.05) is 6.42 Å². The van der Waals surface area contributed by atoms with E-state index in [1.807, 2.05) is 24.4 Å². The highest BCUT2D eigenvalue weighted by Crippen LogP contribution is 2.33. The van der Waals surface area contributed by atoms with E-state index in [1.165, 1.54) is 0 Å². The third kappa shape index (κ3) is 6.95. The zero-order valence-corrected chi connectivity index (χ0v) is 19.5. The highest BCUT2D eigenvalue weighted by molar-refractivity contribution is 5.89. The molecule has 0 bridgehead atoms. The molecule has 1 fully saturated rings. The van der Waals surface area contributed by atoms with E-state index in [9.17, 15) is 28.0 Å². The summed E-state index contributed by atoms with van der Waals surface area (Å²) in [6.07, 6.45) is 0.419. The van der Waals surface area contributed by atoms with Gasteiger partial charge in [0.15, 0.2) is 5.78 Å². The van der Waals surface area contributed by atoms with Crippen LogP contribution in [0.2, 0.25) is 0 Å². The first-order valence-corrected chi connectivity index (χ1v) is 11.4. The average molecular weight is 515 g/mol. The van der Waals surface area contributed by atoms with Crippen LogP contribution in [0.25, 0.3) is 10.9 Å². The van der Waals surface area contributed by atoms with E-state index in [-0.39, 0.29) is 17.6 Å². The number of alkyl halides is 3. The second-order valence-electron chi connectivity index (χ2n) is 8.60. The minimum atomic E-state index is -5.08. The number of carbonyl (C=O) groups is 3. The van der Waals surface area contributed by atoms with Crippen molar-refractivity contribution in [1.29, 1.82) is 5.26 Å². The van der Waals surface area contributed by atoms with Crippen LogP contribution in [0.1, 0.15) is 35.2 Å². The van der Waals surface area contributed by atoms with Gasteiger partial charge in [-0.25, -0.2) is 4.79 Å². The molecule has 4 N–H and O–H groups in total. The molecule has 3 atom stereocenters. The summed E-state index contributed by atoms with van der Waals surface area (Å²) in [6, 6.07) is 14.2. The monoisotopic (exact) mass is 515 g/mol. The van der Waals surface area contributed by atoms with Gasteiger partial charge < -0.3 is 20.6 Å². The molecular formula is C26H24F3N3O5. The number of benzene rings is 2. The van der Waals surface area contributed by atoms with Crippen molar-refractivity contribution in [2.24, 2.45) is 17.6 Å². The topological polar surface area (TPSA) is 146 Å². The second kappa shape index (κ2) is 11.7. The van der Waals surface area contributed by atoms with E-state index in [1.54, 1.807) is 24.3 Å². The Morgan fingerprint density at radius 1 is 1.19 bits per heavy atom. The standard InChI is InChI=1S/C24H23N3O3.C2HF3O2/c25-12-16-2-1-3-20(16)24(29)22(26)10-17-13-27-23-9-8-19(11-21(17)23)30-18-6-4-15(14-28)5-7-18;3-2(4,5)1(6)7/h4-9,11,13-14,16,20,22,27H,1-3,10,26H2;(H,6,7)/t16-,20?,22+;/m1./s1. The number of nitrogens with one attached hydrogen (secondary N) is 1. The number of carbonyl (C=O) groups excluding carboxylic acids is 2. The van der Waals surface area contributed by atoms with E-state index in [0.29, 0.717) is 23.5 Å². The number of ether oxygens (including phenoxy) is 1. The van der Waals surface area contributed by atoms with Crippen molar-refractivity contribution < 1.29 is 37.4 Å². The average Bonchev–Trinajstić information content (AvgIpc) is 3.51. The number of nitrogens with zero attached hydrogens (tertiary/aromatic N) is 1. The van der Waals surface area contributed by atoms with Crippen LogP contribution < -0.4 is 10.5 Å². The Morgan fingerprint density at radius 2 is 1.84 bits per heavy atom. The number of H-pyrrole nitrogens is 1. The van der Waals surface area contributed by atoms with Crippen LogP contribution >= 0.6 is 0 Å². The third-order valence-electron chi connectivity index (χ3n) is 6.09. The predicted molar refractivity (Wildman–Crippen MR) is 127 cm³/mol. The molecule has 8 nitrogen and oxygen atoms in total. The van der Waals surface area contributed by atoms with Crippen LogP contribution in [0.3, 0.4) is 0 Å². The molecule has 194 valence electrons. The van der Waals surface area contributed by atoms with Crippen LogP contribution in [0.15, 0.2) is 48.7 Å². The summed E-state index contributed by atoms with van der Waals surface area (Å²) in [5.41, 5.74) is 8.72. The number of carboxylic acids is 1. The van der Waals surface area contributed by atoms with Gasteiger partial charge in [-0.15, -0.1) is 0 Å². The minimum absolute atomic E-state index is 0.0175. The lowest BCUT2D eigenvalue weighted by atomic mass is 9.87. The number of rotatable bonds is 7. The number of Topliss-reactive ketones (excluding diaryl/α,β-unsaturated/α-hetero) is 1. The SMILES string of the molecule is N#C[C@H]1CCCC1C(=O)[C@@H](N)Cc1c[nH]c2ccc(Oc3ccc(C=O)cc3)cc12.O=C(O)C(F)(F)F. The van der Waals surface area contributed by atoms with Gasteiger partial charge in [0, 0.05) is 28.6 Å². The molecule has 11 heteroatoms. The lowest BCUT2D eigenvalue weighted by molar-refractivity contribution is -0.192. The predicted octanol–water partition coefficient (Wildman–Crippen LogP) is 4.78. The number of nitriles is 1. The van der Waals surface area contributed by atoms with Crippen LogP contribution in [-0.4, -0.2) is 40.3 Å². The Morgan fingerprint density at radius 3 is 2.43 bits per heavy atom. The maximum atomic E-state index is 12.8. The number of nitrogens with two attached hydrogens (primary N) is 1. The summed E-state index contributed by atoms with van der Waals surface area (Å²) in [4.78, 5) is 35.7. The van der Waals surface area contributed by atoms with Gasteiger partial charge in [0.2, 0.25) is 0 Å². The fraction of sp³-hybridized carbons (Fsp3) is 0.308. The first-order valence-electron chi connectivity index (χ1n) is 11.4. The first-order chi connectivity index (χ1) is 17.5. The zero-order valence-electron chi connectivity index (χ0n) is 19.5. The van der Waals surface area contributed by atoms with E-state index >= 15 is 0 Å². The van der Waals surface area contributed by atoms with Gasteiger partial charge in [0.05, 0.1) is 18.0 Å². The number of hydrogen-bond donors (Lipinski definition) is 3. The summed E-state index contributed by atoms with van der Waals surface area (Å²) >= 11 is 0. The molecule has 4 rings (SSSR count). The lowest BCUT2D eigenvalue weighted by Gasteiger charge is -2.17. The van der Waals surface area contributed by atoms with Crippen molar-refractivity contribution in [3.8, 4) is 17.6 Å². The molecule has 1 saturated carbocycles. The molecule has 0 spiro atoms. The summed E-state index contributed by atoms with van der Waals surface area (Å²) in [7, 11) is 0. The Hall–Kier alpha value is -4.17. The fourth-order valence-electron chi connectivity index (χ4n) is 4.21. The molecule has 1 aromatic heterocycles. The van der Waals surface area contributed by atoms with Crippen molar-refractivity contribution in [2.75, 3.05) is 0 Å². The van der Waals surface area contributed by atoms with Gasteiger partial charge in [0.1, 0.15) is 17.8 Å². The second-order valence-corrected chi connectivity index (χ2v) is 8.60. The zero-order chi connectivity index (χ0) is 27.2. The molecule has 0 amide bonds. The smallest absolute Gasteiger partial charge is 0.475 e. The first kappa shape index (κ1) is 27.4. The van der Waals surface area contributed by atoms with E-state index in [0.717, 1.165) is 42.0 Å². The quantitative estimate of drug-likeness (QED) is 0.384. The Labute approximate surface area is 209 Å². The molecule has 0 saturated heterocycles. The van der Waals surface area contributed by atoms with Gasteiger partial charge in [0.25, 0.3) is 0 Å². The van der Waals surface area contributed by atoms with Crippen molar-refractivity contribution >= 4 is 28.9 Å². The van der Waals surface area contributed by atoms with Crippen molar-refractivity contribution in [3.63, 3.8) is 0 Å². The molecule has 1 aliphatic carbocycles. The van der Waals surface area contributed by atoms with Crippen LogP contribution in [0.4, 0.5) is 13.2 Å². The highest BCUT2D eigenvalue weighted by Gasteiger charge is 2.38. The number of aromatic amines is 1. The molecule has 0 aliphatic heterocycles. The third-order valence-corrected chi connectivity index (χ3v) is 6.09. The van der Waals surface area contributed by atoms with Crippen LogP contribution in [0, 0.1) is 23.2 Å². The molecule has 3 aromatic rings. The summed E-state index contributed by atoms with van der Waals surface area (Å²) in [5.74, 6) is -1.95. The molecule has 37 heavy (non-hydrogen) atoms. The highest BCUT2D eigenvalue weighted by atomic mass is 19.4. The number of carboxylic acid groups (broad SMARTS) is 1. The normalized spacial score (nSPS) is 17.8. The van der Waals surface area contributed by atoms with Crippen molar-refractivity contribution in [2.45, 2.75) is 37.9 Å². The van der Waals surface area contributed by atoms with E-state index in [4.69, 9.17) is 20.4 Å². The van der Waals surface area contributed by atoms with Crippen molar-refractivity contribution in [1.82, 2.24) is 4.98 Å². The number of ketones is 1. The lowest BCUT2D eigenvalue weighted by Crippen LogP contribution is -2.38. The van der Waals surface area contributed by atoms with Crippen LogP contribution in [-0.2, 0) is 16.0 Å². The summed E-state index contributed by atoms with van der Waals surface area (Å²) in [5, 5.41) is 17.3. The van der Waals surface area contributed by atoms with Gasteiger partial charge >= 0.3 is 12.1 Å². The summed E-state index contributed by atoms with van der Waals surface area (Å²) < 4.78 is 37.6. The van der Waals surface area contributed by atoms with Gasteiger partial charge in [-0.2, -0.15) is 18.4 Å². The molecule has 1 aliphatic rings. The van der Waals surface area contributed by atoms with Crippen LogP contribution in [0.5, 0.6) is 11.5 Å². The Bertz CT molecular complexity index is 1310. The largest absolute Gasteiger partial charge is 0.490 e. The number of aliphatic carboxylic acids is 1. The molecule has 1 unspecified atom stereocenters. The van der Waals surface area contributed by atoms with Crippen molar-refractivity contribution in [3.05, 3.63) is 59.8 Å². The Kier molecular flexibility index (Phi) is 8.68. The van der Waals surface area contributed by atoms with E-state index in [2.05, 4.69) is 11.1 Å². The number of hydrogen-bond acceptors (Lipinski definition) is 6. The number of aromatic nitrogens is 1. The molecule has 2 aromatic carbocycles. The number of halogens is 3. The minimum Gasteiger partial charge on any atom is -0.475 e. The fourth-order valence-corrected chi connectivity index (χ4v) is 4.21. The van der Waals surface area contributed by atoms with E-state index < -0.39 is 18.2 Å².